The number of rotatable bonds is 9. The van der Waals surface area contributed by atoms with Crippen LogP contribution in [0.4, 0.5) is 5.13 Å². The fourth-order valence-electron chi connectivity index (χ4n) is 2.23. The predicted molar refractivity (Wildman–Crippen MR) is 110 cm³/mol. The number of para-hydroxylation sites is 1. The molecule has 1 heterocycles. The first-order chi connectivity index (χ1) is 13.7. The van der Waals surface area contributed by atoms with E-state index >= 15 is 0 Å². The smallest absolute Gasteiger partial charge is 0.264 e. The third-order valence-corrected chi connectivity index (χ3v) is 5.58. The molecule has 0 unspecified atom stereocenters. The van der Waals surface area contributed by atoms with Gasteiger partial charge in [-0.15, -0.1) is 10.2 Å². The number of thioether (sulfide) groups is 1. The van der Waals surface area contributed by atoms with Crippen LogP contribution in [-0.4, -0.2) is 36.9 Å². The van der Waals surface area contributed by atoms with Gasteiger partial charge >= 0.3 is 0 Å². The first-order valence-corrected chi connectivity index (χ1v) is 10.1. The van der Waals surface area contributed by atoms with E-state index in [0.29, 0.717) is 16.6 Å². The summed E-state index contributed by atoms with van der Waals surface area (Å²) in [6.07, 6.45) is 0. The second-order valence-electron chi connectivity index (χ2n) is 5.53. The van der Waals surface area contributed by atoms with Gasteiger partial charge in [0.15, 0.2) is 10.9 Å². The largest absolute Gasteiger partial charge is 0.497 e. The van der Waals surface area contributed by atoms with E-state index in [2.05, 4.69) is 15.5 Å². The highest BCUT2D eigenvalue weighted by atomic mass is 32.2. The summed E-state index contributed by atoms with van der Waals surface area (Å²) in [5, 5.41) is 11.2. The number of anilines is 1. The van der Waals surface area contributed by atoms with Gasteiger partial charge in [-0.1, -0.05) is 41.3 Å². The van der Waals surface area contributed by atoms with Gasteiger partial charge in [0.25, 0.3) is 5.91 Å². The molecular formula is C19H19N3O4S2. The van der Waals surface area contributed by atoms with Gasteiger partial charge in [0.05, 0.1) is 14.2 Å². The Labute approximate surface area is 171 Å². The van der Waals surface area contributed by atoms with Crippen molar-refractivity contribution in [2.75, 3.05) is 26.1 Å². The van der Waals surface area contributed by atoms with Gasteiger partial charge in [-0.2, -0.15) is 0 Å². The van der Waals surface area contributed by atoms with Crippen LogP contribution in [0.3, 0.4) is 0 Å². The molecule has 0 saturated carbocycles. The second-order valence-corrected chi connectivity index (χ2v) is 7.73. The van der Waals surface area contributed by atoms with E-state index in [1.807, 2.05) is 36.4 Å². The van der Waals surface area contributed by atoms with Crippen LogP contribution in [0.2, 0.25) is 0 Å². The van der Waals surface area contributed by atoms with Gasteiger partial charge in [0.1, 0.15) is 17.2 Å². The monoisotopic (exact) mass is 417 g/mol. The van der Waals surface area contributed by atoms with Gasteiger partial charge in [0.2, 0.25) is 5.13 Å². The third kappa shape index (κ3) is 5.86. The van der Waals surface area contributed by atoms with Gasteiger partial charge in [-0.25, -0.2) is 0 Å². The molecule has 3 aromatic rings. The maximum absolute atomic E-state index is 12.0. The molecule has 0 atom stereocenters. The molecule has 0 spiro atoms. The van der Waals surface area contributed by atoms with Crippen molar-refractivity contribution < 1.29 is 19.0 Å². The van der Waals surface area contributed by atoms with E-state index in [9.17, 15) is 4.79 Å². The molecule has 9 heteroatoms. The predicted octanol–water partition coefficient (Wildman–Crippen LogP) is 3.87. The van der Waals surface area contributed by atoms with Crippen LogP contribution in [0.5, 0.6) is 17.2 Å². The van der Waals surface area contributed by atoms with Gasteiger partial charge in [-0.3, -0.25) is 10.1 Å². The number of nitrogens with one attached hydrogen (secondary N) is 1. The van der Waals surface area contributed by atoms with E-state index in [1.165, 1.54) is 23.1 Å². The zero-order valence-electron chi connectivity index (χ0n) is 15.4. The molecule has 0 saturated heterocycles. The lowest BCUT2D eigenvalue weighted by Gasteiger charge is -2.07. The van der Waals surface area contributed by atoms with Gasteiger partial charge in [-0.05, 0) is 29.8 Å². The van der Waals surface area contributed by atoms with Crippen LogP contribution >= 0.6 is 23.1 Å². The number of carbonyl (C=O) groups excluding carboxylic acids is 1. The average Bonchev–Trinajstić information content (AvgIpc) is 3.18. The fraction of sp³-hybridized carbons (Fsp3) is 0.211. The SMILES string of the molecule is COc1cc(CSc2nnc(NC(=O)COc3ccccc3)s2)cc(OC)c1. The Morgan fingerprint density at radius 2 is 1.75 bits per heavy atom. The molecule has 0 radical (unpaired) electrons. The lowest BCUT2D eigenvalue weighted by molar-refractivity contribution is -0.118. The molecule has 0 bridgehead atoms. The van der Waals surface area contributed by atoms with E-state index in [-0.39, 0.29) is 12.5 Å². The van der Waals surface area contributed by atoms with E-state index in [0.717, 1.165) is 21.4 Å². The Kier molecular flexibility index (Phi) is 7.10. The molecule has 0 fully saturated rings. The van der Waals surface area contributed by atoms with E-state index < -0.39 is 0 Å². The van der Waals surface area contributed by atoms with Crippen LogP contribution < -0.4 is 19.5 Å². The van der Waals surface area contributed by atoms with Crippen LogP contribution in [0.15, 0.2) is 52.9 Å². The highest BCUT2D eigenvalue weighted by Gasteiger charge is 2.10. The first-order valence-electron chi connectivity index (χ1n) is 8.32. The zero-order valence-corrected chi connectivity index (χ0v) is 17.0. The normalized spacial score (nSPS) is 10.4. The average molecular weight is 418 g/mol. The summed E-state index contributed by atoms with van der Waals surface area (Å²) in [7, 11) is 3.24. The van der Waals surface area contributed by atoms with Crippen molar-refractivity contribution in [3.63, 3.8) is 0 Å². The van der Waals surface area contributed by atoms with E-state index in [1.54, 1.807) is 26.4 Å². The van der Waals surface area contributed by atoms with Crippen molar-refractivity contribution in [1.29, 1.82) is 0 Å². The Balaban J connectivity index is 1.51. The number of hydrogen-bond donors (Lipinski definition) is 1. The molecule has 2 aromatic carbocycles. The van der Waals surface area contributed by atoms with Crippen molar-refractivity contribution in [2.45, 2.75) is 10.1 Å². The molecule has 3 rings (SSSR count). The minimum absolute atomic E-state index is 0.0876. The zero-order chi connectivity index (χ0) is 19.8. The molecule has 146 valence electrons. The third-order valence-electron chi connectivity index (χ3n) is 3.54. The minimum atomic E-state index is -0.283. The minimum Gasteiger partial charge on any atom is -0.497 e. The molecular weight excluding hydrogens is 398 g/mol. The highest BCUT2D eigenvalue weighted by Crippen LogP contribution is 2.31. The molecule has 7 nitrogen and oxygen atoms in total. The molecule has 1 amide bonds. The summed E-state index contributed by atoms with van der Waals surface area (Å²) < 4.78 is 16.7. The molecule has 0 aliphatic rings. The summed E-state index contributed by atoms with van der Waals surface area (Å²) in [5.74, 6) is 2.50. The number of nitrogens with zero attached hydrogens (tertiary/aromatic N) is 2. The Morgan fingerprint density at radius 3 is 2.43 bits per heavy atom. The maximum atomic E-state index is 12.0. The topological polar surface area (TPSA) is 82.6 Å². The summed E-state index contributed by atoms with van der Waals surface area (Å²) in [5.41, 5.74) is 1.04. The highest BCUT2D eigenvalue weighted by molar-refractivity contribution is 8.00. The maximum Gasteiger partial charge on any atom is 0.264 e. The van der Waals surface area contributed by atoms with E-state index in [4.69, 9.17) is 14.2 Å². The van der Waals surface area contributed by atoms with Crippen molar-refractivity contribution in [3.05, 3.63) is 54.1 Å². The van der Waals surface area contributed by atoms with Crippen LogP contribution in [0.25, 0.3) is 0 Å². The number of benzene rings is 2. The second kappa shape index (κ2) is 9.95. The van der Waals surface area contributed by atoms with Crippen LogP contribution in [-0.2, 0) is 10.5 Å². The van der Waals surface area contributed by atoms with Crippen molar-refractivity contribution in [1.82, 2.24) is 10.2 Å². The molecule has 0 aliphatic carbocycles. The summed E-state index contributed by atoms with van der Waals surface area (Å²) in [6, 6.07) is 14.9. The number of carbonyl (C=O) groups is 1. The summed E-state index contributed by atoms with van der Waals surface area (Å²) >= 11 is 2.83. The fourth-order valence-corrected chi connectivity index (χ4v) is 3.93. The Morgan fingerprint density at radius 1 is 1.04 bits per heavy atom. The quantitative estimate of drug-likeness (QED) is 0.418. The molecule has 1 N–H and O–H groups in total. The number of ether oxygens (including phenoxy) is 3. The van der Waals surface area contributed by atoms with Gasteiger partial charge in [0, 0.05) is 11.8 Å². The lowest BCUT2D eigenvalue weighted by Crippen LogP contribution is -2.20. The number of aromatic nitrogens is 2. The van der Waals surface area contributed by atoms with Crippen molar-refractivity contribution >= 4 is 34.1 Å². The molecule has 1 aromatic heterocycles. The Hall–Kier alpha value is -2.78. The molecule has 0 aliphatic heterocycles. The van der Waals surface area contributed by atoms with Crippen molar-refractivity contribution in [3.8, 4) is 17.2 Å². The number of methoxy groups -OCH3 is 2. The van der Waals surface area contributed by atoms with Crippen LogP contribution in [0, 0.1) is 0 Å². The Bertz CT molecular complexity index is 896. The lowest BCUT2D eigenvalue weighted by atomic mass is 10.2. The van der Waals surface area contributed by atoms with Gasteiger partial charge < -0.3 is 14.2 Å². The van der Waals surface area contributed by atoms with Crippen LogP contribution in [0.1, 0.15) is 5.56 Å². The van der Waals surface area contributed by atoms with Crippen molar-refractivity contribution in [2.24, 2.45) is 0 Å². The standard InChI is InChI=1S/C19H19N3O4S2/c1-24-15-8-13(9-16(10-15)25-2)12-27-19-22-21-18(28-19)20-17(23)11-26-14-6-4-3-5-7-14/h3-10H,11-12H2,1-2H3,(H,20,21,23). The first kappa shape index (κ1) is 20.0. The molecule has 28 heavy (non-hydrogen) atoms. The summed E-state index contributed by atoms with van der Waals surface area (Å²) in [4.78, 5) is 12.0. The summed E-state index contributed by atoms with van der Waals surface area (Å²) in [6.45, 7) is -0.0876. The number of hydrogen-bond acceptors (Lipinski definition) is 8. The number of amides is 1.